The number of morpholine rings is 1. The summed E-state index contributed by atoms with van der Waals surface area (Å²) in [6.45, 7) is 12.4. The third kappa shape index (κ3) is 6.13. The fourth-order valence-corrected chi connectivity index (χ4v) is 4.94. The lowest BCUT2D eigenvalue weighted by Crippen LogP contribution is -2.48. The van der Waals surface area contributed by atoms with Crippen molar-refractivity contribution in [2.75, 3.05) is 52.2 Å². The Balaban J connectivity index is 1.54. The van der Waals surface area contributed by atoms with Crippen LogP contribution in [0.3, 0.4) is 0 Å². The lowest BCUT2D eigenvalue weighted by molar-refractivity contribution is 0.0342. The van der Waals surface area contributed by atoms with Gasteiger partial charge in [0.15, 0.2) is 5.96 Å². The molecular weight excluding hydrogens is 356 g/mol. The molecule has 1 aromatic rings. The Hall–Kier alpha value is -1.24. The highest BCUT2D eigenvalue weighted by atomic mass is 32.2. The van der Waals surface area contributed by atoms with Crippen LogP contribution < -0.4 is 5.32 Å². The van der Waals surface area contributed by atoms with E-state index in [4.69, 9.17) is 4.74 Å². The number of nitrogens with zero attached hydrogens (tertiary/aromatic N) is 3. The fraction of sp³-hybridized carbons (Fsp3) is 0.667. The highest BCUT2D eigenvalue weighted by Gasteiger charge is 2.24. The predicted octanol–water partition coefficient (Wildman–Crippen LogP) is 2.67. The van der Waals surface area contributed by atoms with Crippen LogP contribution in [0.2, 0.25) is 0 Å². The Morgan fingerprint density at radius 3 is 2.78 bits per heavy atom. The normalized spacial score (nSPS) is 22.3. The van der Waals surface area contributed by atoms with Crippen LogP contribution in [0.4, 0.5) is 0 Å². The van der Waals surface area contributed by atoms with Crippen LogP contribution in [0.15, 0.2) is 29.3 Å². The first-order chi connectivity index (χ1) is 13.2. The average molecular weight is 391 g/mol. The number of guanidine groups is 1. The second-order valence-electron chi connectivity index (χ2n) is 7.71. The van der Waals surface area contributed by atoms with Gasteiger partial charge in [0.05, 0.1) is 13.2 Å². The quantitative estimate of drug-likeness (QED) is 0.618. The van der Waals surface area contributed by atoms with E-state index in [2.05, 4.69) is 70.0 Å². The molecule has 27 heavy (non-hydrogen) atoms. The molecule has 3 rings (SSSR count). The number of aliphatic imine (C=N–C) groups is 1. The molecule has 1 atom stereocenters. The van der Waals surface area contributed by atoms with Gasteiger partial charge in [-0.1, -0.05) is 38.1 Å². The van der Waals surface area contributed by atoms with Gasteiger partial charge in [-0.2, -0.15) is 11.8 Å². The topological polar surface area (TPSA) is 40.1 Å². The molecule has 2 saturated heterocycles. The van der Waals surface area contributed by atoms with Gasteiger partial charge in [0.25, 0.3) is 0 Å². The fourth-order valence-electron chi connectivity index (χ4n) is 3.64. The second-order valence-corrected chi connectivity index (χ2v) is 9.06. The van der Waals surface area contributed by atoms with Gasteiger partial charge in [-0.25, -0.2) is 0 Å². The van der Waals surface area contributed by atoms with Gasteiger partial charge in [0.1, 0.15) is 0 Å². The molecule has 6 heteroatoms. The molecule has 0 aromatic heterocycles. The minimum absolute atomic E-state index is 0.689. The van der Waals surface area contributed by atoms with E-state index < -0.39 is 0 Å². The Kier molecular flexibility index (Phi) is 7.85. The molecule has 2 aliphatic rings. The molecule has 2 aliphatic heterocycles. The molecule has 150 valence electrons. The standard InChI is InChI=1S/C21H34N4OS/c1-17(2)20-16-25(9-12-27-20)21(22-3)23-14-18-5-4-6-19(13-18)15-24-7-10-26-11-8-24/h4-6,13,17,20H,7-12,14-16H2,1-3H3,(H,22,23). The van der Waals surface area contributed by atoms with E-state index in [9.17, 15) is 0 Å². The van der Waals surface area contributed by atoms with Crippen molar-refractivity contribution in [1.82, 2.24) is 15.1 Å². The highest BCUT2D eigenvalue weighted by Crippen LogP contribution is 2.24. The summed E-state index contributed by atoms with van der Waals surface area (Å²) in [5.41, 5.74) is 2.69. The lowest BCUT2D eigenvalue weighted by atomic mass is 10.1. The summed E-state index contributed by atoms with van der Waals surface area (Å²) in [7, 11) is 1.89. The molecule has 1 unspecified atom stereocenters. The van der Waals surface area contributed by atoms with E-state index in [1.54, 1.807) is 0 Å². The van der Waals surface area contributed by atoms with Crippen LogP contribution in [0.5, 0.6) is 0 Å². The van der Waals surface area contributed by atoms with Crippen LogP contribution in [-0.2, 0) is 17.8 Å². The van der Waals surface area contributed by atoms with Crippen molar-refractivity contribution in [1.29, 1.82) is 0 Å². The van der Waals surface area contributed by atoms with Crippen molar-refractivity contribution in [2.45, 2.75) is 32.2 Å². The summed E-state index contributed by atoms with van der Waals surface area (Å²) in [5.74, 6) is 2.91. The Morgan fingerprint density at radius 1 is 1.26 bits per heavy atom. The summed E-state index contributed by atoms with van der Waals surface area (Å²) < 4.78 is 5.45. The summed E-state index contributed by atoms with van der Waals surface area (Å²) in [6, 6.07) is 8.91. The summed E-state index contributed by atoms with van der Waals surface area (Å²) in [6.07, 6.45) is 0. The van der Waals surface area contributed by atoms with Gasteiger partial charge in [0, 0.05) is 57.3 Å². The van der Waals surface area contributed by atoms with Crippen LogP contribution in [0.1, 0.15) is 25.0 Å². The predicted molar refractivity (Wildman–Crippen MR) is 115 cm³/mol. The first kappa shape index (κ1) is 20.5. The maximum atomic E-state index is 5.45. The summed E-state index contributed by atoms with van der Waals surface area (Å²) in [5, 5.41) is 4.27. The third-order valence-corrected chi connectivity index (χ3v) is 6.84. The number of rotatable bonds is 5. The second kappa shape index (κ2) is 10.3. The highest BCUT2D eigenvalue weighted by molar-refractivity contribution is 8.00. The molecule has 0 radical (unpaired) electrons. The van der Waals surface area contributed by atoms with Gasteiger partial charge < -0.3 is 15.0 Å². The number of hydrogen-bond donors (Lipinski definition) is 1. The van der Waals surface area contributed by atoms with Gasteiger partial charge >= 0.3 is 0 Å². The zero-order valence-corrected chi connectivity index (χ0v) is 17.8. The van der Waals surface area contributed by atoms with E-state index >= 15 is 0 Å². The molecule has 0 bridgehead atoms. The molecule has 0 spiro atoms. The number of nitrogens with one attached hydrogen (secondary N) is 1. The van der Waals surface area contributed by atoms with Crippen LogP contribution in [0, 0.1) is 5.92 Å². The van der Waals surface area contributed by atoms with E-state index in [1.807, 2.05) is 7.05 Å². The molecule has 0 aliphatic carbocycles. The minimum Gasteiger partial charge on any atom is -0.379 e. The van der Waals surface area contributed by atoms with Gasteiger partial charge in [-0.3, -0.25) is 9.89 Å². The Morgan fingerprint density at radius 2 is 2.04 bits per heavy atom. The van der Waals surface area contributed by atoms with Crippen molar-refractivity contribution < 1.29 is 4.74 Å². The van der Waals surface area contributed by atoms with Crippen molar-refractivity contribution in [2.24, 2.45) is 10.9 Å². The SMILES string of the molecule is CN=C(NCc1cccc(CN2CCOCC2)c1)N1CCSC(C(C)C)C1. The van der Waals surface area contributed by atoms with E-state index in [-0.39, 0.29) is 0 Å². The molecule has 0 amide bonds. The molecule has 0 saturated carbocycles. The molecule has 2 heterocycles. The number of thioether (sulfide) groups is 1. The average Bonchev–Trinajstić information content (AvgIpc) is 2.70. The van der Waals surface area contributed by atoms with E-state index in [1.165, 1.54) is 16.9 Å². The molecule has 1 aromatic carbocycles. The number of ether oxygens (including phenoxy) is 1. The lowest BCUT2D eigenvalue weighted by Gasteiger charge is -2.36. The molecule has 2 fully saturated rings. The summed E-state index contributed by atoms with van der Waals surface area (Å²) in [4.78, 5) is 9.42. The zero-order chi connectivity index (χ0) is 19.1. The van der Waals surface area contributed by atoms with Crippen LogP contribution in [0.25, 0.3) is 0 Å². The Labute approximate surface area is 168 Å². The van der Waals surface area contributed by atoms with Gasteiger partial charge in [0.2, 0.25) is 0 Å². The van der Waals surface area contributed by atoms with Crippen LogP contribution in [-0.4, -0.2) is 73.2 Å². The van der Waals surface area contributed by atoms with E-state index in [0.717, 1.165) is 58.4 Å². The largest absolute Gasteiger partial charge is 0.379 e. The zero-order valence-electron chi connectivity index (χ0n) is 17.0. The van der Waals surface area contributed by atoms with Crippen molar-refractivity contribution in [3.05, 3.63) is 35.4 Å². The summed E-state index contributed by atoms with van der Waals surface area (Å²) >= 11 is 2.10. The molecule has 1 N–H and O–H groups in total. The first-order valence-corrected chi connectivity index (χ1v) is 11.2. The maximum Gasteiger partial charge on any atom is 0.193 e. The van der Waals surface area contributed by atoms with Crippen LogP contribution >= 0.6 is 11.8 Å². The smallest absolute Gasteiger partial charge is 0.193 e. The van der Waals surface area contributed by atoms with E-state index in [0.29, 0.717) is 11.2 Å². The monoisotopic (exact) mass is 390 g/mol. The third-order valence-electron chi connectivity index (χ3n) is 5.30. The molecule has 5 nitrogen and oxygen atoms in total. The van der Waals surface area contributed by atoms with Crippen molar-refractivity contribution in [3.8, 4) is 0 Å². The number of hydrogen-bond acceptors (Lipinski definition) is 4. The molecular formula is C21H34N4OS. The first-order valence-electron chi connectivity index (χ1n) is 10.1. The number of benzene rings is 1. The Bertz CT molecular complexity index is 616. The van der Waals surface area contributed by atoms with Crippen molar-refractivity contribution in [3.63, 3.8) is 0 Å². The minimum atomic E-state index is 0.689. The maximum absolute atomic E-state index is 5.45. The van der Waals surface area contributed by atoms with Gasteiger partial charge in [-0.05, 0) is 17.0 Å². The van der Waals surface area contributed by atoms with Crippen molar-refractivity contribution >= 4 is 17.7 Å². The van der Waals surface area contributed by atoms with Gasteiger partial charge in [-0.15, -0.1) is 0 Å².